The second-order valence-corrected chi connectivity index (χ2v) is 5.24. The first-order chi connectivity index (χ1) is 8.52. The lowest BCUT2D eigenvalue weighted by atomic mass is 10.2. The minimum Gasteiger partial charge on any atom is -0.497 e. The summed E-state index contributed by atoms with van der Waals surface area (Å²) in [4.78, 5) is 0. The van der Waals surface area contributed by atoms with Gasteiger partial charge in [0, 0.05) is 12.7 Å². The maximum atomic E-state index is 11.1. The third-order valence-corrected chi connectivity index (χ3v) is 2.97. The Balaban J connectivity index is 2.72. The van der Waals surface area contributed by atoms with Gasteiger partial charge < -0.3 is 4.74 Å². The molecule has 1 aromatic rings. The number of ether oxygens (including phenoxy) is 1. The first-order valence-electron chi connectivity index (χ1n) is 5.72. The molecule has 0 aliphatic rings. The van der Waals surface area contributed by atoms with Crippen LogP contribution in [0.25, 0.3) is 6.08 Å². The monoisotopic (exact) mass is 269 g/mol. The van der Waals surface area contributed by atoms with Crippen LogP contribution in [-0.4, -0.2) is 26.7 Å². The Hall–Kier alpha value is -1.33. The molecule has 1 N–H and O–H groups in total. The van der Waals surface area contributed by atoms with Crippen molar-refractivity contribution >= 4 is 17.3 Å². The largest absolute Gasteiger partial charge is 0.497 e. The summed E-state index contributed by atoms with van der Waals surface area (Å²) in [6.45, 7) is 4.54. The van der Waals surface area contributed by atoms with Gasteiger partial charge in [0.1, 0.15) is 5.75 Å². The van der Waals surface area contributed by atoms with E-state index in [1.807, 2.05) is 38.1 Å². The van der Waals surface area contributed by atoms with Gasteiger partial charge >= 0.3 is 0 Å². The molecule has 0 radical (unpaired) electrons. The predicted molar refractivity (Wildman–Crippen MR) is 74.3 cm³/mol. The van der Waals surface area contributed by atoms with E-state index in [2.05, 4.69) is 0 Å². The van der Waals surface area contributed by atoms with Crippen LogP contribution < -0.4 is 4.74 Å². The van der Waals surface area contributed by atoms with Gasteiger partial charge in [-0.3, -0.25) is 8.86 Å². The zero-order valence-electron chi connectivity index (χ0n) is 10.9. The van der Waals surface area contributed by atoms with Crippen molar-refractivity contribution in [3.8, 4) is 5.75 Å². The highest BCUT2D eigenvalue weighted by molar-refractivity contribution is 7.76. The molecule has 0 aliphatic carbocycles. The summed E-state index contributed by atoms with van der Waals surface area (Å²) in [5, 5.41) is 0. The van der Waals surface area contributed by atoms with Gasteiger partial charge in [0.2, 0.25) is 0 Å². The summed E-state index contributed by atoms with van der Waals surface area (Å²) in [5.74, 6) is 1.11. The number of methoxy groups -OCH3 is 1. The van der Waals surface area contributed by atoms with Crippen molar-refractivity contribution in [1.29, 1.82) is 0 Å². The second kappa shape index (κ2) is 7.18. The van der Waals surface area contributed by atoms with Crippen molar-refractivity contribution < 1.29 is 13.5 Å². The normalized spacial score (nSPS) is 12.9. The SMILES string of the molecule is COc1ccc(C=CN(CC(C)C)S(=O)O)cc1. The van der Waals surface area contributed by atoms with E-state index in [4.69, 9.17) is 9.29 Å². The lowest BCUT2D eigenvalue weighted by molar-refractivity contribution is 0.414. The molecule has 1 unspecified atom stereocenters. The molecule has 0 saturated heterocycles. The van der Waals surface area contributed by atoms with Crippen molar-refractivity contribution in [3.63, 3.8) is 0 Å². The standard InChI is InChI=1S/C13H19NO3S/c1-11(2)10-14(18(15)16)9-8-12-4-6-13(17-3)7-5-12/h4-9,11H,10H2,1-3H3,(H,15,16). The average molecular weight is 269 g/mol. The maximum Gasteiger partial charge on any atom is 0.261 e. The third-order valence-electron chi connectivity index (χ3n) is 2.29. The van der Waals surface area contributed by atoms with Crippen LogP contribution in [0, 0.1) is 5.92 Å². The number of hydrogen-bond donors (Lipinski definition) is 1. The fourth-order valence-electron chi connectivity index (χ4n) is 1.42. The average Bonchev–Trinajstić information content (AvgIpc) is 2.34. The molecule has 0 saturated carbocycles. The van der Waals surface area contributed by atoms with Gasteiger partial charge in [0.15, 0.2) is 0 Å². The molecular weight excluding hydrogens is 250 g/mol. The molecule has 18 heavy (non-hydrogen) atoms. The summed E-state index contributed by atoms with van der Waals surface area (Å²) in [7, 11) is 1.62. The molecule has 100 valence electrons. The van der Waals surface area contributed by atoms with E-state index in [-0.39, 0.29) is 0 Å². The minimum atomic E-state index is -1.98. The molecule has 0 heterocycles. The van der Waals surface area contributed by atoms with E-state index < -0.39 is 11.3 Å². The van der Waals surface area contributed by atoms with Crippen LogP contribution >= 0.6 is 0 Å². The Morgan fingerprint density at radius 2 is 2.00 bits per heavy atom. The van der Waals surface area contributed by atoms with Crippen molar-refractivity contribution in [1.82, 2.24) is 4.31 Å². The minimum absolute atomic E-state index is 0.321. The van der Waals surface area contributed by atoms with Crippen molar-refractivity contribution in [2.75, 3.05) is 13.7 Å². The Bertz CT molecular complexity index is 415. The van der Waals surface area contributed by atoms with E-state index in [9.17, 15) is 4.21 Å². The topological polar surface area (TPSA) is 49.8 Å². The molecule has 0 fully saturated rings. The highest BCUT2D eigenvalue weighted by Crippen LogP contribution is 2.13. The summed E-state index contributed by atoms with van der Waals surface area (Å²) < 4.78 is 26.7. The first-order valence-corrected chi connectivity index (χ1v) is 6.79. The fraction of sp³-hybridized carbons (Fsp3) is 0.385. The molecule has 0 spiro atoms. The Morgan fingerprint density at radius 3 is 2.44 bits per heavy atom. The number of rotatable bonds is 6. The van der Waals surface area contributed by atoms with E-state index in [0.29, 0.717) is 12.5 Å². The predicted octanol–water partition coefficient (Wildman–Crippen LogP) is 2.76. The van der Waals surface area contributed by atoms with Crippen LogP contribution in [0.4, 0.5) is 0 Å². The van der Waals surface area contributed by atoms with Crippen LogP contribution in [0.1, 0.15) is 19.4 Å². The molecule has 1 aromatic carbocycles. The van der Waals surface area contributed by atoms with E-state index in [1.54, 1.807) is 19.4 Å². The summed E-state index contributed by atoms with van der Waals surface area (Å²) in [5.41, 5.74) is 0.954. The summed E-state index contributed by atoms with van der Waals surface area (Å²) in [6, 6.07) is 7.48. The zero-order valence-corrected chi connectivity index (χ0v) is 11.7. The molecule has 0 bridgehead atoms. The first kappa shape index (κ1) is 14.7. The number of nitrogens with zero attached hydrogens (tertiary/aromatic N) is 1. The fourth-order valence-corrected chi connectivity index (χ4v) is 2.01. The van der Waals surface area contributed by atoms with Crippen molar-refractivity contribution in [2.24, 2.45) is 5.92 Å². The molecule has 4 nitrogen and oxygen atoms in total. The second-order valence-electron chi connectivity index (χ2n) is 4.31. The Kier molecular flexibility index (Phi) is 5.88. The zero-order chi connectivity index (χ0) is 13.5. The van der Waals surface area contributed by atoms with Crippen LogP contribution in [0.3, 0.4) is 0 Å². The molecule has 1 atom stereocenters. The molecule has 0 amide bonds. The van der Waals surface area contributed by atoms with Crippen molar-refractivity contribution in [3.05, 3.63) is 36.0 Å². The smallest absolute Gasteiger partial charge is 0.261 e. The quantitative estimate of drug-likeness (QED) is 0.808. The van der Waals surface area contributed by atoms with E-state index in [0.717, 1.165) is 11.3 Å². The molecular formula is C13H19NO3S. The van der Waals surface area contributed by atoms with Gasteiger partial charge in [-0.05, 0) is 29.7 Å². The van der Waals surface area contributed by atoms with Crippen LogP contribution in [0.15, 0.2) is 30.5 Å². The maximum absolute atomic E-state index is 11.1. The van der Waals surface area contributed by atoms with Gasteiger partial charge in [-0.1, -0.05) is 26.0 Å². The van der Waals surface area contributed by atoms with Gasteiger partial charge in [-0.2, -0.15) is 0 Å². The molecule has 5 heteroatoms. The Labute approximate surface area is 111 Å². The number of benzene rings is 1. The molecule has 1 rings (SSSR count). The van der Waals surface area contributed by atoms with Crippen LogP contribution in [-0.2, 0) is 11.3 Å². The molecule has 0 aliphatic heterocycles. The third kappa shape index (κ3) is 4.89. The summed E-state index contributed by atoms with van der Waals surface area (Å²) in [6.07, 6.45) is 3.44. The van der Waals surface area contributed by atoms with Gasteiger partial charge in [-0.25, -0.2) is 4.21 Å². The van der Waals surface area contributed by atoms with Gasteiger partial charge in [-0.15, -0.1) is 0 Å². The lowest BCUT2D eigenvalue weighted by Gasteiger charge is -2.17. The van der Waals surface area contributed by atoms with E-state index in [1.165, 1.54) is 4.31 Å². The number of hydrogen-bond acceptors (Lipinski definition) is 2. The molecule has 0 aromatic heterocycles. The lowest BCUT2D eigenvalue weighted by Crippen LogP contribution is -2.23. The van der Waals surface area contributed by atoms with E-state index >= 15 is 0 Å². The van der Waals surface area contributed by atoms with Gasteiger partial charge in [0.25, 0.3) is 11.3 Å². The van der Waals surface area contributed by atoms with Crippen molar-refractivity contribution in [2.45, 2.75) is 13.8 Å². The van der Waals surface area contributed by atoms with Gasteiger partial charge in [0.05, 0.1) is 7.11 Å². The summed E-state index contributed by atoms with van der Waals surface area (Å²) >= 11 is -1.98. The highest BCUT2D eigenvalue weighted by Gasteiger charge is 2.07. The van der Waals surface area contributed by atoms with Crippen LogP contribution in [0.5, 0.6) is 5.75 Å². The highest BCUT2D eigenvalue weighted by atomic mass is 32.2. The Morgan fingerprint density at radius 1 is 1.39 bits per heavy atom. The van der Waals surface area contributed by atoms with Crippen LogP contribution in [0.2, 0.25) is 0 Å².